The zero-order valence-corrected chi connectivity index (χ0v) is 18.0. The number of nitrogens with zero attached hydrogens (tertiary/aromatic N) is 4. The minimum atomic E-state index is -4.76. The van der Waals surface area contributed by atoms with Crippen molar-refractivity contribution in [3.8, 4) is 0 Å². The molecule has 1 aromatic rings. The Hall–Kier alpha value is -3.28. The Balaban J connectivity index is 1.73. The van der Waals surface area contributed by atoms with Crippen LogP contribution >= 0.6 is 11.3 Å². The number of Topliss-reactive ketones (excluding diaryl/α,β-unsaturated/α-hetero) is 1. The van der Waals surface area contributed by atoms with Crippen molar-refractivity contribution < 1.29 is 37.3 Å². The van der Waals surface area contributed by atoms with Gasteiger partial charge in [-0.2, -0.15) is 8.42 Å². The van der Waals surface area contributed by atoms with Gasteiger partial charge in [-0.05, 0) is 6.92 Å². The number of amides is 2. The number of oxime groups is 1. The molecule has 15 nitrogen and oxygen atoms in total. The van der Waals surface area contributed by atoms with Crippen LogP contribution in [0.5, 0.6) is 0 Å². The topological polar surface area (TPSA) is 231 Å². The first-order chi connectivity index (χ1) is 14.9. The summed E-state index contributed by atoms with van der Waals surface area (Å²) in [6, 6.07) is -2.96. The van der Waals surface area contributed by atoms with Crippen LogP contribution in [-0.4, -0.2) is 80.4 Å². The molecule has 1 unspecified atom stereocenters. The van der Waals surface area contributed by atoms with E-state index in [9.17, 15) is 27.9 Å². The number of allylic oxidation sites excluding steroid dienone is 1. The van der Waals surface area contributed by atoms with Gasteiger partial charge in [0.2, 0.25) is 5.78 Å². The maximum Gasteiger partial charge on any atom is 0.362 e. The molecule has 0 saturated carbocycles. The summed E-state index contributed by atoms with van der Waals surface area (Å²) in [6.07, 6.45) is 0.877. The number of thiazole rings is 1. The van der Waals surface area contributed by atoms with Crippen molar-refractivity contribution in [2.75, 3.05) is 12.3 Å². The van der Waals surface area contributed by atoms with Gasteiger partial charge in [-0.3, -0.25) is 18.9 Å². The first-order valence-corrected chi connectivity index (χ1v) is 11.2. The number of carbonyl (C=O) groups excluding carboxylic acids is 3. The third kappa shape index (κ3) is 4.64. The highest BCUT2D eigenvalue weighted by Crippen LogP contribution is 2.23. The van der Waals surface area contributed by atoms with E-state index in [-0.39, 0.29) is 33.9 Å². The molecule has 0 radical (unpaired) electrons. The first kappa shape index (κ1) is 23.4. The van der Waals surface area contributed by atoms with E-state index in [1.165, 1.54) is 12.3 Å². The summed E-state index contributed by atoms with van der Waals surface area (Å²) in [7, 11) is -4.76. The molecule has 3 atom stereocenters. The molecule has 7 N–H and O–H groups in total. The fourth-order valence-corrected chi connectivity index (χ4v) is 4.42. The van der Waals surface area contributed by atoms with Crippen LogP contribution in [0.2, 0.25) is 0 Å². The monoisotopic (exact) mass is 489 g/mol. The van der Waals surface area contributed by atoms with Gasteiger partial charge in [0, 0.05) is 11.8 Å². The van der Waals surface area contributed by atoms with Crippen molar-refractivity contribution in [3.63, 3.8) is 0 Å². The van der Waals surface area contributed by atoms with Crippen molar-refractivity contribution in [1.29, 1.82) is 0 Å². The van der Waals surface area contributed by atoms with Gasteiger partial charge < -0.3 is 26.0 Å². The van der Waals surface area contributed by atoms with Gasteiger partial charge in [0.25, 0.3) is 11.8 Å². The average molecular weight is 489 g/mol. The number of hydrogen-bond donors (Lipinski definition) is 5. The molecule has 0 aromatic carbocycles. The van der Waals surface area contributed by atoms with E-state index in [2.05, 4.69) is 15.5 Å². The Morgan fingerprint density at radius 3 is 2.72 bits per heavy atom. The minimum absolute atomic E-state index is 0.0259. The van der Waals surface area contributed by atoms with Crippen LogP contribution in [0.3, 0.4) is 0 Å². The highest BCUT2D eigenvalue weighted by molar-refractivity contribution is 7.84. The van der Waals surface area contributed by atoms with Crippen molar-refractivity contribution in [1.82, 2.24) is 19.6 Å². The van der Waals surface area contributed by atoms with Gasteiger partial charge in [0.1, 0.15) is 18.3 Å². The van der Waals surface area contributed by atoms with E-state index in [0.717, 1.165) is 22.5 Å². The number of anilines is 1. The lowest BCUT2D eigenvalue weighted by atomic mass is 10.0. The number of hydrogen-bond acceptors (Lipinski definition) is 13. The molecule has 3 heterocycles. The summed E-state index contributed by atoms with van der Waals surface area (Å²) >= 11 is 1.01. The Kier molecular flexibility index (Phi) is 6.35. The number of carbonyl (C=O) groups is 3. The maximum absolute atomic E-state index is 12.7. The van der Waals surface area contributed by atoms with Gasteiger partial charge in [-0.1, -0.05) is 5.16 Å². The average Bonchev–Trinajstić information content (AvgIpc) is 3.11. The summed E-state index contributed by atoms with van der Waals surface area (Å²) in [5, 5.41) is 18.0. The summed E-state index contributed by atoms with van der Waals surface area (Å²) in [5.74, 6) is 2.70. The molecule has 3 rings (SSSR count). The molecule has 0 spiro atoms. The Bertz CT molecular complexity index is 1110. The molecule has 1 fully saturated rings. The van der Waals surface area contributed by atoms with E-state index in [4.69, 9.17) is 21.0 Å². The summed E-state index contributed by atoms with van der Waals surface area (Å²) in [6.45, 7) is 1.07. The van der Waals surface area contributed by atoms with Crippen LogP contribution in [0.4, 0.5) is 5.13 Å². The molecule has 2 aliphatic heterocycles. The quantitative estimate of drug-likeness (QED) is 0.0909. The third-order valence-corrected chi connectivity index (χ3v) is 6.36. The number of aromatic nitrogens is 1. The fourth-order valence-electron chi connectivity index (χ4n) is 2.99. The van der Waals surface area contributed by atoms with Crippen LogP contribution in [0.15, 0.2) is 22.5 Å². The molecule has 17 heteroatoms. The van der Waals surface area contributed by atoms with Gasteiger partial charge >= 0.3 is 10.3 Å². The van der Waals surface area contributed by atoms with Crippen molar-refractivity contribution >= 4 is 50.1 Å². The van der Waals surface area contributed by atoms with Gasteiger partial charge in [-0.15, -0.1) is 11.3 Å². The minimum Gasteiger partial charge on any atom is -0.503 e. The standard InChI is InChI=1S/C15H19N7O8S2/c1-6-11(14(26)22(6)32(27,28)29)19-13(25)12(8-5-31-15(16)18-8)20-30-4-7-2-9(23)10(24)3-21(7)17/h3,5-7,11,24H,2,4,17H2,1H3,(H2,16,18)(H,19,25)(H,27,28,29)/t6-,7?,11-/m0/s1. The van der Waals surface area contributed by atoms with Crippen LogP contribution < -0.4 is 16.9 Å². The molecule has 2 amide bonds. The largest absolute Gasteiger partial charge is 0.503 e. The lowest BCUT2D eigenvalue weighted by Gasteiger charge is -2.42. The predicted molar refractivity (Wildman–Crippen MR) is 109 cm³/mol. The summed E-state index contributed by atoms with van der Waals surface area (Å²) < 4.78 is 31.7. The fraction of sp³-hybridized carbons (Fsp3) is 0.400. The second-order valence-electron chi connectivity index (χ2n) is 6.85. The van der Waals surface area contributed by atoms with Gasteiger partial charge in [0.05, 0.1) is 18.3 Å². The lowest BCUT2D eigenvalue weighted by molar-refractivity contribution is -0.143. The van der Waals surface area contributed by atoms with Crippen molar-refractivity contribution in [3.05, 3.63) is 23.0 Å². The molecule has 0 aliphatic carbocycles. The highest BCUT2D eigenvalue weighted by atomic mass is 32.2. The summed E-state index contributed by atoms with van der Waals surface area (Å²) in [4.78, 5) is 45.5. The third-order valence-electron chi connectivity index (χ3n) is 4.67. The van der Waals surface area contributed by atoms with Crippen molar-refractivity contribution in [2.45, 2.75) is 31.5 Å². The normalized spacial score (nSPS) is 24.2. The second kappa shape index (κ2) is 8.69. The number of hydrazine groups is 1. The number of aliphatic hydroxyl groups is 1. The lowest BCUT2D eigenvalue weighted by Crippen LogP contribution is -2.71. The SMILES string of the molecule is C[C@H]1[C@H](NC(=O)C(=NOCC2CC(=O)C(O)=CN2N)c2csc(N)n2)C(=O)N1S(=O)(=O)O. The molecule has 2 aliphatic rings. The van der Waals surface area contributed by atoms with Crippen molar-refractivity contribution in [2.24, 2.45) is 11.0 Å². The van der Waals surface area contributed by atoms with E-state index >= 15 is 0 Å². The number of nitrogens with two attached hydrogens (primary N) is 2. The molecule has 1 aromatic heterocycles. The second-order valence-corrected chi connectivity index (χ2v) is 9.03. The number of β-lactam (4-membered cyclic amide) rings is 1. The number of rotatable bonds is 7. The summed E-state index contributed by atoms with van der Waals surface area (Å²) in [5.41, 5.74) is 5.25. The number of ketones is 1. The smallest absolute Gasteiger partial charge is 0.362 e. The molecule has 174 valence electrons. The molecular formula is C15H19N7O8S2. The Morgan fingerprint density at radius 1 is 1.47 bits per heavy atom. The molecule has 32 heavy (non-hydrogen) atoms. The van der Waals surface area contributed by atoms with Gasteiger partial charge in [0.15, 0.2) is 16.6 Å². The Morgan fingerprint density at radius 2 is 2.16 bits per heavy atom. The molecular weight excluding hydrogens is 470 g/mol. The van der Waals surface area contributed by atoms with E-state index in [1.807, 2.05) is 0 Å². The number of nitrogen functional groups attached to an aromatic ring is 1. The Labute approximate surface area is 185 Å². The predicted octanol–water partition coefficient (Wildman–Crippen LogP) is -2.12. The first-order valence-electron chi connectivity index (χ1n) is 8.90. The number of nitrogens with one attached hydrogen (secondary N) is 1. The van der Waals surface area contributed by atoms with Crippen LogP contribution in [0.1, 0.15) is 19.0 Å². The zero-order valence-electron chi connectivity index (χ0n) is 16.4. The van der Waals surface area contributed by atoms with E-state index in [1.54, 1.807) is 0 Å². The van der Waals surface area contributed by atoms with E-state index in [0.29, 0.717) is 0 Å². The van der Waals surface area contributed by atoms with Crippen LogP contribution in [0.25, 0.3) is 0 Å². The molecule has 0 bridgehead atoms. The van der Waals surface area contributed by atoms with Gasteiger partial charge in [-0.25, -0.2) is 15.1 Å². The maximum atomic E-state index is 12.7. The zero-order chi connectivity index (χ0) is 23.8. The van der Waals surface area contributed by atoms with Crippen LogP contribution in [-0.2, 0) is 29.5 Å². The van der Waals surface area contributed by atoms with E-state index < -0.39 is 51.8 Å². The van der Waals surface area contributed by atoms with Crippen LogP contribution in [0, 0.1) is 0 Å². The number of aliphatic hydroxyl groups excluding tert-OH is 1. The highest BCUT2D eigenvalue weighted by Gasteiger charge is 2.51. The molecule has 1 saturated heterocycles.